The van der Waals surface area contributed by atoms with Gasteiger partial charge in [-0.15, -0.1) is 0 Å². The summed E-state index contributed by atoms with van der Waals surface area (Å²) in [4.78, 5) is 13.8. The summed E-state index contributed by atoms with van der Waals surface area (Å²) in [7, 11) is 0. The Morgan fingerprint density at radius 2 is 1.95 bits per heavy atom. The Kier molecular flexibility index (Phi) is 5.09. The lowest BCUT2D eigenvalue weighted by molar-refractivity contribution is 0.0955. The molecule has 0 heterocycles. The van der Waals surface area contributed by atoms with E-state index in [1.165, 1.54) is 0 Å². The van der Waals surface area contributed by atoms with Crippen LogP contribution in [0.1, 0.15) is 17.3 Å². The van der Waals surface area contributed by atoms with Crippen LogP contribution in [0.25, 0.3) is 0 Å². The fraction of sp³-hybridized carbons (Fsp3) is 0.133. The lowest BCUT2D eigenvalue weighted by atomic mass is 10.2. The Morgan fingerprint density at radius 3 is 2.60 bits per heavy atom. The molecule has 3 nitrogen and oxygen atoms in total. The van der Waals surface area contributed by atoms with Crippen molar-refractivity contribution in [1.82, 2.24) is 5.32 Å². The number of nitrogens with one attached hydrogen (secondary N) is 1. The number of nitrogens with two attached hydrogens (primary N) is 1. The minimum absolute atomic E-state index is 0.0786. The van der Waals surface area contributed by atoms with Crippen LogP contribution in [0.3, 0.4) is 0 Å². The molecule has 0 aliphatic carbocycles. The molecule has 0 saturated heterocycles. The van der Waals surface area contributed by atoms with Crippen LogP contribution in [0, 0.1) is 0 Å². The molecule has 0 atom stereocenters. The molecule has 104 valence electrons. The molecular formula is C15H15BrN2OS. The Labute approximate surface area is 131 Å². The van der Waals surface area contributed by atoms with Gasteiger partial charge in [0, 0.05) is 32.1 Å². The van der Waals surface area contributed by atoms with E-state index in [0.29, 0.717) is 17.8 Å². The second kappa shape index (κ2) is 6.81. The number of amides is 1. The number of benzene rings is 2. The first kappa shape index (κ1) is 14.9. The van der Waals surface area contributed by atoms with Gasteiger partial charge >= 0.3 is 0 Å². The van der Waals surface area contributed by atoms with Gasteiger partial charge in [-0.25, -0.2) is 0 Å². The molecule has 2 aromatic rings. The van der Waals surface area contributed by atoms with E-state index in [2.05, 4.69) is 21.2 Å². The molecule has 0 radical (unpaired) electrons. The average molecular weight is 351 g/mol. The topological polar surface area (TPSA) is 55.1 Å². The van der Waals surface area contributed by atoms with Crippen molar-refractivity contribution < 1.29 is 4.79 Å². The molecule has 20 heavy (non-hydrogen) atoms. The van der Waals surface area contributed by atoms with Crippen molar-refractivity contribution in [2.75, 3.05) is 12.3 Å². The Bertz CT molecular complexity index is 614. The van der Waals surface area contributed by atoms with Crippen molar-refractivity contribution in [2.24, 2.45) is 0 Å². The molecular weight excluding hydrogens is 336 g/mol. The smallest absolute Gasteiger partial charge is 0.251 e. The first-order valence-electron chi connectivity index (χ1n) is 6.21. The SMILES string of the molecule is CCNC(=O)c1ccc(N)c(Sc2ccc(Br)cc2)c1. The van der Waals surface area contributed by atoms with E-state index < -0.39 is 0 Å². The van der Waals surface area contributed by atoms with E-state index in [-0.39, 0.29) is 5.91 Å². The van der Waals surface area contributed by atoms with Crippen molar-refractivity contribution in [3.63, 3.8) is 0 Å². The van der Waals surface area contributed by atoms with Gasteiger partial charge in [0.2, 0.25) is 0 Å². The third-order valence-electron chi connectivity index (χ3n) is 2.65. The fourth-order valence-electron chi connectivity index (χ4n) is 1.66. The molecule has 0 spiro atoms. The molecule has 5 heteroatoms. The van der Waals surface area contributed by atoms with Gasteiger partial charge in [-0.3, -0.25) is 4.79 Å². The maximum atomic E-state index is 11.8. The zero-order valence-corrected chi connectivity index (χ0v) is 13.4. The van der Waals surface area contributed by atoms with E-state index >= 15 is 0 Å². The molecule has 1 amide bonds. The normalized spacial score (nSPS) is 10.3. The van der Waals surface area contributed by atoms with Crippen LogP contribution in [0.4, 0.5) is 5.69 Å². The predicted molar refractivity (Wildman–Crippen MR) is 87.1 cm³/mol. The third-order valence-corrected chi connectivity index (χ3v) is 4.26. The Morgan fingerprint density at radius 1 is 1.25 bits per heavy atom. The second-order valence-corrected chi connectivity index (χ2v) is 6.20. The largest absolute Gasteiger partial charge is 0.398 e. The zero-order chi connectivity index (χ0) is 14.5. The van der Waals surface area contributed by atoms with E-state index in [1.54, 1.807) is 23.9 Å². The van der Waals surface area contributed by atoms with Crippen molar-refractivity contribution in [2.45, 2.75) is 16.7 Å². The molecule has 0 saturated carbocycles. The molecule has 0 unspecified atom stereocenters. The van der Waals surface area contributed by atoms with Crippen molar-refractivity contribution in [3.05, 3.63) is 52.5 Å². The Hall–Kier alpha value is -1.46. The molecule has 0 aliphatic heterocycles. The number of anilines is 1. The van der Waals surface area contributed by atoms with E-state index in [4.69, 9.17) is 5.73 Å². The van der Waals surface area contributed by atoms with Crippen LogP contribution in [0.15, 0.2) is 56.7 Å². The predicted octanol–water partition coefficient (Wildman–Crippen LogP) is 3.93. The number of hydrogen-bond donors (Lipinski definition) is 2. The van der Waals surface area contributed by atoms with Crippen molar-refractivity contribution >= 4 is 39.3 Å². The lowest BCUT2D eigenvalue weighted by Crippen LogP contribution is -2.22. The van der Waals surface area contributed by atoms with Crippen LogP contribution in [0.5, 0.6) is 0 Å². The lowest BCUT2D eigenvalue weighted by Gasteiger charge is -2.08. The van der Waals surface area contributed by atoms with Crippen LogP contribution in [0.2, 0.25) is 0 Å². The summed E-state index contributed by atoms with van der Waals surface area (Å²) in [6.45, 7) is 2.51. The van der Waals surface area contributed by atoms with Gasteiger partial charge in [0.25, 0.3) is 5.91 Å². The molecule has 0 bridgehead atoms. The quantitative estimate of drug-likeness (QED) is 0.821. The minimum Gasteiger partial charge on any atom is -0.398 e. The summed E-state index contributed by atoms with van der Waals surface area (Å²) >= 11 is 4.95. The van der Waals surface area contributed by atoms with Gasteiger partial charge < -0.3 is 11.1 Å². The summed E-state index contributed by atoms with van der Waals surface area (Å²) in [6.07, 6.45) is 0. The highest BCUT2D eigenvalue weighted by Gasteiger charge is 2.08. The number of halogens is 1. The first-order valence-corrected chi connectivity index (χ1v) is 7.82. The monoisotopic (exact) mass is 350 g/mol. The molecule has 2 aromatic carbocycles. The van der Waals surface area contributed by atoms with Crippen LogP contribution < -0.4 is 11.1 Å². The highest BCUT2D eigenvalue weighted by Crippen LogP contribution is 2.33. The fourth-order valence-corrected chi connectivity index (χ4v) is 2.82. The standard InChI is InChI=1S/C15H15BrN2OS/c1-2-18-15(19)10-3-8-13(17)14(9-10)20-12-6-4-11(16)5-7-12/h3-9H,2,17H2,1H3,(H,18,19). The van der Waals surface area contributed by atoms with E-state index in [1.807, 2.05) is 37.3 Å². The van der Waals surface area contributed by atoms with Gasteiger partial charge in [0.1, 0.15) is 0 Å². The number of carbonyl (C=O) groups is 1. The highest BCUT2D eigenvalue weighted by molar-refractivity contribution is 9.10. The van der Waals surface area contributed by atoms with Crippen molar-refractivity contribution in [3.8, 4) is 0 Å². The van der Waals surface area contributed by atoms with Gasteiger partial charge in [0.15, 0.2) is 0 Å². The maximum Gasteiger partial charge on any atom is 0.251 e. The van der Waals surface area contributed by atoms with Crippen LogP contribution >= 0.6 is 27.7 Å². The molecule has 0 fully saturated rings. The van der Waals surface area contributed by atoms with Crippen LogP contribution in [-0.2, 0) is 0 Å². The summed E-state index contributed by atoms with van der Waals surface area (Å²) < 4.78 is 1.03. The van der Waals surface area contributed by atoms with Gasteiger partial charge in [-0.2, -0.15) is 0 Å². The minimum atomic E-state index is -0.0786. The Balaban J connectivity index is 2.24. The zero-order valence-electron chi connectivity index (χ0n) is 11.0. The summed E-state index contributed by atoms with van der Waals surface area (Å²) in [5, 5.41) is 2.78. The molecule has 0 aliphatic rings. The first-order chi connectivity index (χ1) is 9.60. The third kappa shape index (κ3) is 3.77. The molecule has 3 N–H and O–H groups in total. The van der Waals surface area contributed by atoms with Crippen molar-refractivity contribution in [1.29, 1.82) is 0 Å². The van der Waals surface area contributed by atoms with Gasteiger partial charge in [0.05, 0.1) is 0 Å². The summed E-state index contributed by atoms with van der Waals surface area (Å²) in [5.41, 5.74) is 7.28. The second-order valence-electron chi connectivity index (χ2n) is 4.17. The number of nitrogen functional groups attached to an aromatic ring is 1. The van der Waals surface area contributed by atoms with Gasteiger partial charge in [-0.05, 0) is 49.4 Å². The summed E-state index contributed by atoms with van der Waals surface area (Å²) in [6, 6.07) is 13.3. The highest BCUT2D eigenvalue weighted by atomic mass is 79.9. The number of hydrogen-bond acceptors (Lipinski definition) is 3. The van der Waals surface area contributed by atoms with E-state index in [0.717, 1.165) is 14.3 Å². The summed E-state index contributed by atoms with van der Waals surface area (Å²) in [5.74, 6) is -0.0786. The molecule has 0 aromatic heterocycles. The van der Waals surface area contributed by atoms with E-state index in [9.17, 15) is 4.79 Å². The number of rotatable bonds is 4. The van der Waals surface area contributed by atoms with Gasteiger partial charge in [-0.1, -0.05) is 27.7 Å². The van der Waals surface area contributed by atoms with Crippen LogP contribution in [-0.4, -0.2) is 12.5 Å². The molecule has 2 rings (SSSR count). The number of carbonyl (C=O) groups excluding carboxylic acids is 1. The average Bonchev–Trinajstić information content (AvgIpc) is 2.44. The maximum absolute atomic E-state index is 11.8.